The Balaban J connectivity index is 1.90. The lowest BCUT2D eigenvalue weighted by molar-refractivity contribution is -0.122. The third-order valence-corrected chi connectivity index (χ3v) is 2.96. The fourth-order valence-electron chi connectivity index (χ4n) is 1.85. The zero-order valence-electron chi connectivity index (χ0n) is 12.3. The fourth-order valence-corrected chi connectivity index (χ4v) is 1.85. The normalized spacial score (nSPS) is 11.7. The minimum Gasteiger partial charge on any atom is -0.351 e. The predicted octanol–water partition coefficient (Wildman–Crippen LogP) is 0.485. The highest BCUT2D eigenvalue weighted by molar-refractivity contribution is 5.90. The number of anilines is 1. The molecular weight excluding hydrogens is 282 g/mol. The Labute approximate surface area is 128 Å². The number of aromatic nitrogens is 2. The number of hydrogen-bond acceptors (Lipinski definition) is 4. The van der Waals surface area contributed by atoms with Crippen LogP contribution in [0, 0.1) is 0 Å². The molecule has 0 saturated heterocycles. The van der Waals surface area contributed by atoms with E-state index in [1.807, 2.05) is 18.2 Å². The van der Waals surface area contributed by atoms with E-state index in [4.69, 9.17) is 5.73 Å². The zero-order chi connectivity index (χ0) is 15.9. The summed E-state index contributed by atoms with van der Waals surface area (Å²) in [6.45, 7) is 2.14. The molecule has 0 aliphatic rings. The lowest BCUT2D eigenvalue weighted by Crippen LogP contribution is -2.37. The molecule has 7 heteroatoms. The van der Waals surface area contributed by atoms with Crippen LogP contribution in [0.4, 0.5) is 5.69 Å². The van der Waals surface area contributed by atoms with Gasteiger partial charge in [-0.3, -0.25) is 14.3 Å². The van der Waals surface area contributed by atoms with Crippen molar-refractivity contribution in [1.29, 1.82) is 0 Å². The van der Waals surface area contributed by atoms with Gasteiger partial charge < -0.3 is 16.4 Å². The van der Waals surface area contributed by atoms with Crippen LogP contribution in [0.3, 0.4) is 0 Å². The van der Waals surface area contributed by atoms with E-state index < -0.39 is 6.04 Å². The van der Waals surface area contributed by atoms with Crippen LogP contribution in [-0.2, 0) is 22.7 Å². The summed E-state index contributed by atoms with van der Waals surface area (Å²) >= 11 is 0. The molecule has 22 heavy (non-hydrogen) atoms. The smallest absolute Gasteiger partial charge is 0.246 e. The number of benzene rings is 1. The number of hydrogen-bond donors (Lipinski definition) is 3. The molecule has 116 valence electrons. The summed E-state index contributed by atoms with van der Waals surface area (Å²) in [7, 11) is 0. The number of nitrogens with two attached hydrogens (primary N) is 1. The second-order valence-electron chi connectivity index (χ2n) is 4.96. The van der Waals surface area contributed by atoms with Crippen molar-refractivity contribution >= 4 is 17.5 Å². The molecule has 0 aliphatic carbocycles. The van der Waals surface area contributed by atoms with Crippen LogP contribution < -0.4 is 16.4 Å². The van der Waals surface area contributed by atoms with E-state index in [0.29, 0.717) is 12.2 Å². The van der Waals surface area contributed by atoms with E-state index in [1.165, 1.54) is 0 Å². The van der Waals surface area contributed by atoms with Gasteiger partial charge in [-0.05, 0) is 30.7 Å². The summed E-state index contributed by atoms with van der Waals surface area (Å²) in [5.41, 5.74) is 7.03. The Morgan fingerprint density at radius 1 is 1.36 bits per heavy atom. The standard InChI is InChI=1S/C15H19N5O2/c1-11(16)15(22)17-9-12-4-2-5-13(8-12)19-14(21)10-20-7-3-6-18-20/h2-8,11H,9-10,16H2,1H3,(H,17,22)(H,19,21)/t11-/m1/s1. The molecule has 1 heterocycles. The topological polar surface area (TPSA) is 102 Å². The average molecular weight is 301 g/mol. The van der Waals surface area contributed by atoms with E-state index >= 15 is 0 Å². The molecule has 0 fully saturated rings. The van der Waals surface area contributed by atoms with Crippen molar-refractivity contribution in [2.75, 3.05) is 5.32 Å². The first kappa shape index (κ1) is 15.7. The lowest BCUT2D eigenvalue weighted by atomic mass is 10.2. The maximum atomic E-state index is 11.9. The molecule has 1 aromatic carbocycles. The molecule has 2 rings (SSSR count). The molecule has 7 nitrogen and oxygen atoms in total. The van der Waals surface area contributed by atoms with Crippen molar-refractivity contribution in [3.8, 4) is 0 Å². The van der Waals surface area contributed by atoms with Crippen molar-refractivity contribution < 1.29 is 9.59 Å². The summed E-state index contributed by atoms with van der Waals surface area (Å²) in [5.74, 6) is -0.381. The van der Waals surface area contributed by atoms with Crippen molar-refractivity contribution in [1.82, 2.24) is 15.1 Å². The van der Waals surface area contributed by atoms with Gasteiger partial charge in [0.05, 0.1) is 6.04 Å². The highest BCUT2D eigenvalue weighted by Gasteiger charge is 2.07. The number of amides is 2. The monoisotopic (exact) mass is 301 g/mol. The largest absolute Gasteiger partial charge is 0.351 e. The highest BCUT2D eigenvalue weighted by Crippen LogP contribution is 2.10. The van der Waals surface area contributed by atoms with Crippen LogP contribution in [0.25, 0.3) is 0 Å². The summed E-state index contributed by atoms with van der Waals surface area (Å²) in [6.07, 6.45) is 3.34. The van der Waals surface area contributed by atoms with Gasteiger partial charge in [0.2, 0.25) is 11.8 Å². The van der Waals surface area contributed by atoms with Gasteiger partial charge in [-0.15, -0.1) is 0 Å². The van der Waals surface area contributed by atoms with Gasteiger partial charge in [-0.1, -0.05) is 12.1 Å². The van der Waals surface area contributed by atoms with E-state index in [2.05, 4.69) is 15.7 Å². The van der Waals surface area contributed by atoms with Crippen LogP contribution in [0.5, 0.6) is 0 Å². The van der Waals surface area contributed by atoms with Crippen LogP contribution in [0.2, 0.25) is 0 Å². The van der Waals surface area contributed by atoms with Crippen LogP contribution in [0.15, 0.2) is 42.7 Å². The number of nitrogens with zero attached hydrogens (tertiary/aromatic N) is 2. The molecule has 4 N–H and O–H groups in total. The van der Waals surface area contributed by atoms with Crippen LogP contribution in [-0.4, -0.2) is 27.6 Å². The molecule has 1 atom stereocenters. The molecule has 0 aliphatic heterocycles. The maximum Gasteiger partial charge on any atom is 0.246 e. The van der Waals surface area contributed by atoms with Crippen molar-refractivity contribution in [2.45, 2.75) is 26.1 Å². The second kappa shape index (κ2) is 7.37. The van der Waals surface area contributed by atoms with Crippen molar-refractivity contribution in [3.05, 3.63) is 48.3 Å². The minimum atomic E-state index is -0.544. The molecular formula is C15H19N5O2. The third-order valence-electron chi connectivity index (χ3n) is 2.96. The van der Waals surface area contributed by atoms with Gasteiger partial charge in [0, 0.05) is 24.6 Å². The summed E-state index contributed by atoms with van der Waals surface area (Å²) in [6, 6.07) is 8.49. The number of rotatable bonds is 6. The fraction of sp³-hybridized carbons (Fsp3) is 0.267. The Hall–Kier alpha value is -2.67. The Morgan fingerprint density at radius 2 is 2.18 bits per heavy atom. The van der Waals surface area contributed by atoms with Crippen molar-refractivity contribution in [3.63, 3.8) is 0 Å². The van der Waals surface area contributed by atoms with Gasteiger partial charge in [0.15, 0.2) is 0 Å². The lowest BCUT2D eigenvalue weighted by Gasteiger charge is -2.10. The minimum absolute atomic E-state index is 0.151. The molecule has 1 aromatic heterocycles. The van der Waals surface area contributed by atoms with Gasteiger partial charge in [-0.25, -0.2) is 0 Å². The second-order valence-corrected chi connectivity index (χ2v) is 4.96. The highest BCUT2D eigenvalue weighted by atomic mass is 16.2. The maximum absolute atomic E-state index is 11.9. The summed E-state index contributed by atoms with van der Waals surface area (Å²) in [5, 5.41) is 9.50. The summed E-state index contributed by atoms with van der Waals surface area (Å²) in [4.78, 5) is 23.3. The zero-order valence-corrected chi connectivity index (χ0v) is 12.3. The number of carbonyl (C=O) groups is 2. The molecule has 2 aromatic rings. The van der Waals surface area contributed by atoms with Crippen LogP contribution in [0.1, 0.15) is 12.5 Å². The molecule has 2 amide bonds. The molecule has 0 unspecified atom stereocenters. The average Bonchev–Trinajstić information content (AvgIpc) is 2.97. The molecule has 0 bridgehead atoms. The van der Waals surface area contributed by atoms with Gasteiger partial charge >= 0.3 is 0 Å². The SMILES string of the molecule is C[C@@H](N)C(=O)NCc1cccc(NC(=O)Cn2cccn2)c1. The first-order chi connectivity index (χ1) is 10.5. The molecule has 0 saturated carbocycles. The first-order valence-electron chi connectivity index (χ1n) is 6.94. The van der Waals surface area contributed by atoms with Gasteiger partial charge in [-0.2, -0.15) is 5.10 Å². The number of carbonyl (C=O) groups excluding carboxylic acids is 2. The quantitative estimate of drug-likeness (QED) is 0.722. The van der Waals surface area contributed by atoms with E-state index in [0.717, 1.165) is 5.56 Å². The molecule has 0 radical (unpaired) electrons. The first-order valence-corrected chi connectivity index (χ1v) is 6.94. The van der Waals surface area contributed by atoms with Gasteiger partial charge in [0.25, 0.3) is 0 Å². The van der Waals surface area contributed by atoms with Gasteiger partial charge in [0.1, 0.15) is 6.54 Å². The van der Waals surface area contributed by atoms with E-state index in [1.54, 1.807) is 36.1 Å². The summed E-state index contributed by atoms with van der Waals surface area (Å²) < 4.78 is 1.54. The Kier molecular flexibility index (Phi) is 5.26. The Bertz CT molecular complexity index is 637. The number of nitrogens with one attached hydrogen (secondary N) is 2. The van der Waals surface area contributed by atoms with E-state index in [9.17, 15) is 9.59 Å². The van der Waals surface area contributed by atoms with Crippen molar-refractivity contribution in [2.24, 2.45) is 5.73 Å². The Morgan fingerprint density at radius 3 is 2.86 bits per heavy atom. The van der Waals surface area contributed by atoms with Crippen LogP contribution >= 0.6 is 0 Å². The van der Waals surface area contributed by atoms with E-state index in [-0.39, 0.29) is 18.4 Å². The third kappa shape index (κ3) is 4.71. The predicted molar refractivity (Wildman–Crippen MR) is 82.8 cm³/mol. The molecule has 0 spiro atoms.